The van der Waals surface area contributed by atoms with Crippen LogP contribution in [0.1, 0.15) is 10.4 Å². The Morgan fingerprint density at radius 3 is 2.60 bits per heavy atom. The van der Waals surface area contributed by atoms with E-state index in [0.717, 1.165) is 23.5 Å². The van der Waals surface area contributed by atoms with E-state index in [0.29, 0.717) is 23.4 Å². The van der Waals surface area contributed by atoms with Gasteiger partial charge in [-0.2, -0.15) is 4.99 Å². The van der Waals surface area contributed by atoms with Crippen molar-refractivity contribution in [3.63, 3.8) is 0 Å². The summed E-state index contributed by atoms with van der Waals surface area (Å²) in [6, 6.07) is 7.32. The van der Waals surface area contributed by atoms with E-state index in [1.807, 2.05) is 0 Å². The van der Waals surface area contributed by atoms with Gasteiger partial charge in [-0.05, 0) is 30.3 Å². The Hall–Kier alpha value is -2.45. The van der Waals surface area contributed by atoms with E-state index < -0.39 is 28.9 Å². The number of carbonyl (C=O) groups excluding carboxylic acids is 1. The molecule has 2 aromatic carbocycles. The number of nitrogens with zero attached hydrogens (tertiary/aromatic N) is 2. The molecule has 0 bridgehead atoms. The van der Waals surface area contributed by atoms with E-state index in [-0.39, 0.29) is 4.80 Å². The molecule has 0 saturated carbocycles. The highest BCUT2D eigenvalue weighted by Gasteiger charge is 2.17. The summed E-state index contributed by atoms with van der Waals surface area (Å²) in [5.41, 5.74) is -0.0616. The van der Waals surface area contributed by atoms with E-state index >= 15 is 0 Å². The number of fused-ring (bicyclic) bond motifs is 1. The molecule has 1 aromatic heterocycles. The number of benzene rings is 2. The molecule has 8 heteroatoms. The van der Waals surface area contributed by atoms with Crippen LogP contribution in [0, 0.1) is 17.5 Å². The number of aromatic nitrogens is 1. The van der Waals surface area contributed by atoms with Crippen LogP contribution < -0.4 is 4.80 Å². The SMILES string of the molecule is COCCn1c(=NC(=O)c2c(F)cccc2F)sc2cc(F)ccc21. The molecule has 0 N–H and O–H groups in total. The monoisotopic (exact) mass is 366 g/mol. The number of carbonyl (C=O) groups is 1. The minimum atomic E-state index is -1.03. The maximum Gasteiger partial charge on any atom is 0.285 e. The number of rotatable bonds is 4. The van der Waals surface area contributed by atoms with E-state index in [9.17, 15) is 18.0 Å². The summed E-state index contributed by atoms with van der Waals surface area (Å²) in [4.78, 5) is 16.3. The van der Waals surface area contributed by atoms with Gasteiger partial charge in [0.25, 0.3) is 5.91 Å². The largest absolute Gasteiger partial charge is 0.383 e. The molecule has 130 valence electrons. The molecular formula is C17H13F3N2O2S. The van der Waals surface area contributed by atoms with Crippen LogP contribution in [0.25, 0.3) is 10.2 Å². The standard InChI is InChI=1S/C17H13F3N2O2S/c1-24-8-7-22-13-6-5-10(18)9-14(13)25-17(22)21-16(23)15-11(19)3-2-4-12(15)20/h2-6,9H,7-8H2,1H3. The molecule has 0 radical (unpaired) electrons. The Morgan fingerprint density at radius 1 is 1.20 bits per heavy atom. The summed E-state index contributed by atoms with van der Waals surface area (Å²) in [7, 11) is 1.52. The summed E-state index contributed by atoms with van der Waals surface area (Å²) >= 11 is 1.06. The first-order valence-corrected chi connectivity index (χ1v) is 8.14. The molecule has 0 atom stereocenters. The van der Waals surface area contributed by atoms with E-state index in [2.05, 4.69) is 4.99 Å². The first-order valence-electron chi connectivity index (χ1n) is 7.32. The average Bonchev–Trinajstić information content (AvgIpc) is 2.88. The van der Waals surface area contributed by atoms with Gasteiger partial charge in [0.2, 0.25) is 0 Å². The third-order valence-electron chi connectivity index (χ3n) is 3.54. The summed E-state index contributed by atoms with van der Waals surface area (Å²) in [6.45, 7) is 0.687. The lowest BCUT2D eigenvalue weighted by Gasteiger charge is -2.04. The Bertz CT molecular complexity index is 991. The van der Waals surface area contributed by atoms with Crippen LogP contribution in [0.2, 0.25) is 0 Å². The Labute approximate surface area is 144 Å². The summed E-state index contributed by atoms with van der Waals surface area (Å²) < 4.78 is 48.2. The second-order valence-corrected chi connectivity index (χ2v) is 6.16. The number of amides is 1. The van der Waals surface area contributed by atoms with Gasteiger partial charge in [0, 0.05) is 13.7 Å². The second kappa shape index (κ2) is 7.20. The molecular weight excluding hydrogens is 353 g/mol. The van der Waals surface area contributed by atoms with Gasteiger partial charge in [0.1, 0.15) is 23.0 Å². The lowest BCUT2D eigenvalue weighted by molar-refractivity contribution is 0.0989. The van der Waals surface area contributed by atoms with Gasteiger partial charge < -0.3 is 9.30 Å². The molecule has 4 nitrogen and oxygen atoms in total. The Kier molecular flexibility index (Phi) is 5.00. The fraction of sp³-hybridized carbons (Fsp3) is 0.176. The third-order valence-corrected chi connectivity index (χ3v) is 4.58. The van der Waals surface area contributed by atoms with Crippen LogP contribution in [0.4, 0.5) is 13.2 Å². The predicted octanol–water partition coefficient (Wildman–Crippen LogP) is 3.51. The lowest BCUT2D eigenvalue weighted by Crippen LogP contribution is -2.20. The molecule has 1 amide bonds. The molecule has 0 saturated heterocycles. The maximum absolute atomic E-state index is 13.8. The smallest absolute Gasteiger partial charge is 0.285 e. The van der Waals surface area contributed by atoms with Gasteiger partial charge in [-0.1, -0.05) is 17.4 Å². The van der Waals surface area contributed by atoms with Gasteiger partial charge >= 0.3 is 0 Å². The number of ether oxygens (including phenoxy) is 1. The third kappa shape index (κ3) is 3.49. The van der Waals surface area contributed by atoms with Crippen LogP contribution in [0.5, 0.6) is 0 Å². The molecule has 1 heterocycles. The Morgan fingerprint density at radius 2 is 1.92 bits per heavy atom. The quantitative estimate of drug-likeness (QED) is 0.709. The van der Waals surface area contributed by atoms with Crippen LogP contribution in [-0.4, -0.2) is 24.2 Å². The van der Waals surface area contributed by atoms with Crippen LogP contribution in [-0.2, 0) is 11.3 Å². The van der Waals surface area contributed by atoms with Crippen molar-refractivity contribution in [2.45, 2.75) is 6.54 Å². The van der Waals surface area contributed by atoms with Crippen LogP contribution in [0.3, 0.4) is 0 Å². The van der Waals surface area contributed by atoms with Crippen molar-refractivity contribution in [2.75, 3.05) is 13.7 Å². The molecule has 3 rings (SSSR count). The number of hydrogen-bond acceptors (Lipinski definition) is 3. The highest BCUT2D eigenvalue weighted by molar-refractivity contribution is 7.16. The molecule has 0 unspecified atom stereocenters. The topological polar surface area (TPSA) is 43.6 Å². The van der Waals surface area contributed by atoms with Crippen molar-refractivity contribution in [2.24, 2.45) is 4.99 Å². The summed E-state index contributed by atoms with van der Waals surface area (Å²) in [6.07, 6.45) is 0. The average molecular weight is 366 g/mol. The minimum Gasteiger partial charge on any atom is -0.383 e. The van der Waals surface area contributed by atoms with Crippen molar-refractivity contribution < 1.29 is 22.7 Å². The van der Waals surface area contributed by atoms with Gasteiger partial charge in [0.15, 0.2) is 4.80 Å². The number of methoxy groups -OCH3 is 1. The number of thiazole rings is 1. The summed E-state index contributed by atoms with van der Waals surface area (Å²) in [5.74, 6) is -3.42. The zero-order valence-corrected chi connectivity index (χ0v) is 13.9. The van der Waals surface area contributed by atoms with Crippen molar-refractivity contribution in [3.05, 3.63) is 64.2 Å². The van der Waals surface area contributed by atoms with Crippen molar-refractivity contribution in [1.82, 2.24) is 4.57 Å². The number of halogens is 3. The highest BCUT2D eigenvalue weighted by atomic mass is 32.1. The molecule has 0 aliphatic carbocycles. The molecule has 25 heavy (non-hydrogen) atoms. The molecule has 3 aromatic rings. The summed E-state index contributed by atoms with van der Waals surface area (Å²) in [5, 5.41) is 0. The predicted molar refractivity (Wildman–Crippen MR) is 87.9 cm³/mol. The van der Waals surface area contributed by atoms with Crippen LogP contribution in [0.15, 0.2) is 41.4 Å². The zero-order valence-electron chi connectivity index (χ0n) is 13.1. The normalized spacial score (nSPS) is 12.1. The van der Waals surface area contributed by atoms with E-state index in [1.54, 1.807) is 10.6 Å². The van der Waals surface area contributed by atoms with Crippen molar-refractivity contribution in [3.8, 4) is 0 Å². The fourth-order valence-corrected chi connectivity index (χ4v) is 3.46. The first-order chi connectivity index (χ1) is 12.0. The van der Waals surface area contributed by atoms with Gasteiger partial charge in [-0.15, -0.1) is 0 Å². The molecule has 0 aliphatic heterocycles. The van der Waals surface area contributed by atoms with E-state index in [4.69, 9.17) is 4.74 Å². The van der Waals surface area contributed by atoms with Gasteiger partial charge in [0.05, 0.1) is 16.8 Å². The van der Waals surface area contributed by atoms with Crippen molar-refractivity contribution >= 4 is 27.5 Å². The second-order valence-electron chi connectivity index (χ2n) is 5.15. The van der Waals surface area contributed by atoms with E-state index in [1.165, 1.54) is 25.3 Å². The molecule has 0 fully saturated rings. The van der Waals surface area contributed by atoms with Crippen LogP contribution >= 0.6 is 11.3 Å². The highest BCUT2D eigenvalue weighted by Crippen LogP contribution is 2.19. The fourth-order valence-electron chi connectivity index (χ4n) is 2.38. The minimum absolute atomic E-state index is 0.213. The number of hydrogen-bond donors (Lipinski definition) is 0. The molecule has 0 spiro atoms. The maximum atomic E-state index is 13.8. The lowest BCUT2D eigenvalue weighted by atomic mass is 10.2. The van der Waals surface area contributed by atoms with Crippen molar-refractivity contribution in [1.29, 1.82) is 0 Å². The van der Waals surface area contributed by atoms with Gasteiger partial charge in [-0.25, -0.2) is 13.2 Å². The van der Waals surface area contributed by atoms with Gasteiger partial charge in [-0.3, -0.25) is 4.79 Å². The first kappa shape index (κ1) is 17.4. The Balaban J connectivity index is 2.16. The zero-order chi connectivity index (χ0) is 18.0. The molecule has 0 aliphatic rings.